The number of carbonyl (C=O) groups excluding carboxylic acids is 1. The van der Waals surface area contributed by atoms with Gasteiger partial charge in [0.25, 0.3) is 5.91 Å². The summed E-state index contributed by atoms with van der Waals surface area (Å²) in [5.74, 6) is 1.98. The summed E-state index contributed by atoms with van der Waals surface area (Å²) in [6.45, 7) is 8.43. The van der Waals surface area contributed by atoms with E-state index in [0.29, 0.717) is 16.4 Å². The van der Waals surface area contributed by atoms with Crippen molar-refractivity contribution in [1.82, 2.24) is 19.9 Å². The molecule has 0 spiro atoms. The molecule has 8 heteroatoms. The van der Waals surface area contributed by atoms with Crippen molar-refractivity contribution in [2.45, 2.75) is 27.7 Å². The monoisotopic (exact) mass is 549 g/mol. The molecular weight excluding hydrogens is 522 g/mol. The van der Waals surface area contributed by atoms with E-state index in [2.05, 4.69) is 88.9 Å². The highest BCUT2D eigenvalue weighted by Crippen LogP contribution is 2.51. The number of benzene rings is 3. The number of fused-ring (bicyclic) bond motifs is 3. The SMILES string of the molecule is Cc1cccc(C)c1N1C(=C/C=c2/ncnc3c2=NC(=O)C=C3)N(c2c(C)cccc2C)c2nc3ccccc3nc21. The van der Waals surface area contributed by atoms with E-state index in [4.69, 9.17) is 9.97 Å². The van der Waals surface area contributed by atoms with E-state index in [1.54, 1.807) is 6.08 Å². The third-order valence-electron chi connectivity index (χ3n) is 7.62. The summed E-state index contributed by atoms with van der Waals surface area (Å²) in [6.07, 6.45) is 8.47. The van der Waals surface area contributed by atoms with E-state index in [1.165, 1.54) is 12.4 Å². The van der Waals surface area contributed by atoms with Crippen LogP contribution in [0.2, 0.25) is 0 Å². The third-order valence-corrected chi connectivity index (χ3v) is 7.62. The number of rotatable bonds is 3. The molecule has 2 aliphatic heterocycles. The fourth-order valence-corrected chi connectivity index (χ4v) is 5.72. The minimum absolute atomic E-state index is 0.331. The highest BCUT2D eigenvalue weighted by molar-refractivity contribution is 5.96. The maximum absolute atomic E-state index is 12.2. The molecular formula is C34H27N7O. The van der Waals surface area contributed by atoms with Gasteiger partial charge in [-0.25, -0.2) is 24.9 Å². The molecule has 0 saturated carbocycles. The van der Waals surface area contributed by atoms with Gasteiger partial charge in [-0.3, -0.25) is 14.6 Å². The van der Waals surface area contributed by atoms with E-state index in [-0.39, 0.29) is 5.91 Å². The number of aromatic nitrogens is 4. The second-order valence-electron chi connectivity index (χ2n) is 10.5. The second-order valence-corrected chi connectivity index (χ2v) is 10.5. The van der Waals surface area contributed by atoms with Gasteiger partial charge in [-0.2, -0.15) is 0 Å². The number of hydrogen-bond acceptors (Lipinski definition) is 7. The smallest absolute Gasteiger partial charge is 0.270 e. The molecule has 5 aromatic rings. The Morgan fingerprint density at radius 2 is 1.19 bits per heavy atom. The molecule has 8 nitrogen and oxygen atoms in total. The molecule has 2 aromatic heterocycles. The van der Waals surface area contributed by atoms with Crippen LogP contribution in [0.4, 0.5) is 23.0 Å². The predicted molar refractivity (Wildman–Crippen MR) is 165 cm³/mol. The van der Waals surface area contributed by atoms with Gasteiger partial charge in [-0.15, -0.1) is 0 Å². The van der Waals surface area contributed by atoms with Crippen molar-refractivity contribution in [3.63, 3.8) is 0 Å². The first-order valence-corrected chi connectivity index (χ1v) is 13.7. The normalized spacial score (nSPS) is 14.3. The second kappa shape index (κ2) is 9.85. The Morgan fingerprint density at radius 1 is 0.643 bits per heavy atom. The first-order valence-electron chi connectivity index (χ1n) is 13.7. The molecule has 42 heavy (non-hydrogen) atoms. The number of hydrogen-bond donors (Lipinski definition) is 0. The number of anilines is 4. The first kappa shape index (κ1) is 25.5. The molecule has 0 bridgehead atoms. The first-order chi connectivity index (χ1) is 20.4. The zero-order valence-corrected chi connectivity index (χ0v) is 23.7. The molecule has 4 heterocycles. The Labute approximate surface area is 242 Å². The van der Waals surface area contributed by atoms with Crippen LogP contribution in [0.25, 0.3) is 23.2 Å². The van der Waals surface area contributed by atoms with Crippen molar-refractivity contribution in [2.24, 2.45) is 4.99 Å². The quantitative estimate of drug-likeness (QED) is 0.296. The average molecular weight is 550 g/mol. The fraction of sp³-hybridized carbons (Fsp3) is 0.118. The summed E-state index contributed by atoms with van der Waals surface area (Å²) in [5, 5.41) is 1.01. The summed E-state index contributed by atoms with van der Waals surface area (Å²) in [6, 6.07) is 20.5. The highest BCUT2D eigenvalue weighted by atomic mass is 16.1. The number of nitrogens with zero attached hydrogens (tertiary/aromatic N) is 7. The van der Waals surface area contributed by atoms with Crippen molar-refractivity contribution in [2.75, 3.05) is 9.80 Å². The standard InChI is InChI=1S/C34H27N7O/c1-20-9-7-10-21(2)31(20)40-29(18-16-27-30-26(35-19-36-27)15-17-28(42)39-30)41(32-22(3)11-8-12-23(32)4)34-33(40)37-24-13-5-6-14-25(24)38-34/h5-19H,1-4H3/b27-16+. The molecule has 7 rings (SSSR count). The molecule has 1 amide bonds. The van der Waals surface area contributed by atoms with Crippen LogP contribution in [0.5, 0.6) is 0 Å². The van der Waals surface area contributed by atoms with E-state index in [1.807, 2.05) is 36.4 Å². The van der Waals surface area contributed by atoms with Gasteiger partial charge in [0.1, 0.15) is 17.5 Å². The van der Waals surface area contributed by atoms with Crippen molar-refractivity contribution < 1.29 is 4.79 Å². The molecule has 0 saturated heterocycles. The summed E-state index contributed by atoms with van der Waals surface area (Å²) >= 11 is 0. The van der Waals surface area contributed by atoms with E-state index in [9.17, 15) is 4.79 Å². The molecule has 0 N–H and O–H groups in total. The minimum Gasteiger partial charge on any atom is -0.276 e. The lowest BCUT2D eigenvalue weighted by Crippen LogP contribution is -2.34. The lowest BCUT2D eigenvalue weighted by Gasteiger charge is -2.28. The number of carbonyl (C=O) groups is 1. The summed E-state index contributed by atoms with van der Waals surface area (Å²) < 4.78 is 0. The van der Waals surface area contributed by atoms with Crippen molar-refractivity contribution in [1.29, 1.82) is 0 Å². The fourth-order valence-electron chi connectivity index (χ4n) is 5.72. The van der Waals surface area contributed by atoms with Crippen molar-refractivity contribution in [3.8, 4) is 0 Å². The van der Waals surface area contributed by atoms with Gasteiger partial charge >= 0.3 is 0 Å². The van der Waals surface area contributed by atoms with Gasteiger partial charge in [0.2, 0.25) is 0 Å². The van der Waals surface area contributed by atoms with Crippen LogP contribution < -0.4 is 20.5 Å². The van der Waals surface area contributed by atoms with Crippen LogP contribution in [-0.4, -0.2) is 25.8 Å². The molecule has 0 unspecified atom stereocenters. The Morgan fingerprint density at radius 3 is 1.74 bits per heavy atom. The third kappa shape index (κ3) is 4.07. The average Bonchev–Trinajstić information content (AvgIpc) is 3.27. The Balaban J connectivity index is 1.59. The number of aryl methyl sites for hydroxylation is 4. The van der Waals surface area contributed by atoms with E-state index in [0.717, 1.165) is 62.1 Å². The molecule has 0 fully saturated rings. The Kier molecular flexibility index (Phi) is 5.97. The van der Waals surface area contributed by atoms with Gasteiger partial charge in [-0.1, -0.05) is 48.5 Å². The van der Waals surface area contributed by atoms with Crippen LogP contribution in [0.3, 0.4) is 0 Å². The highest BCUT2D eigenvalue weighted by Gasteiger charge is 2.38. The van der Waals surface area contributed by atoms with E-state index < -0.39 is 0 Å². The van der Waals surface area contributed by atoms with Crippen LogP contribution in [0.1, 0.15) is 27.9 Å². The zero-order chi connectivity index (χ0) is 29.0. The summed E-state index contributed by atoms with van der Waals surface area (Å²) in [7, 11) is 0. The van der Waals surface area contributed by atoms with Crippen LogP contribution >= 0.6 is 0 Å². The van der Waals surface area contributed by atoms with Crippen LogP contribution in [-0.2, 0) is 4.79 Å². The number of allylic oxidation sites excluding steroid dienone is 1. The van der Waals surface area contributed by atoms with Crippen molar-refractivity contribution >= 4 is 52.1 Å². The lowest BCUT2D eigenvalue weighted by molar-refractivity contribution is -0.113. The lowest BCUT2D eigenvalue weighted by atomic mass is 10.1. The maximum Gasteiger partial charge on any atom is 0.270 e. The van der Waals surface area contributed by atoms with E-state index >= 15 is 0 Å². The van der Waals surface area contributed by atoms with Gasteiger partial charge in [0, 0.05) is 6.08 Å². The molecule has 3 aromatic carbocycles. The predicted octanol–water partition coefficient (Wildman–Crippen LogP) is 5.44. The van der Waals surface area contributed by atoms with Gasteiger partial charge in [0.05, 0.1) is 33.5 Å². The molecule has 0 radical (unpaired) electrons. The van der Waals surface area contributed by atoms with Crippen LogP contribution in [0.15, 0.2) is 90.0 Å². The molecule has 2 aliphatic rings. The van der Waals surface area contributed by atoms with Crippen molar-refractivity contribution in [3.05, 3.63) is 124 Å². The van der Waals surface area contributed by atoms with Gasteiger partial charge < -0.3 is 0 Å². The maximum atomic E-state index is 12.2. The Bertz CT molecular complexity index is 1990. The largest absolute Gasteiger partial charge is 0.276 e. The molecule has 0 aliphatic carbocycles. The summed E-state index contributed by atoms with van der Waals surface area (Å²) in [5.41, 5.74) is 8.72. The number of para-hydroxylation sites is 4. The minimum atomic E-state index is -0.331. The van der Waals surface area contributed by atoms with Crippen LogP contribution in [0, 0.1) is 27.7 Å². The van der Waals surface area contributed by atoms with Gasteiger partial charge in [-0.05, 0) is 80.3 Å². The topological polar surface area (TPSA) is 87.5 Å². The molecule has 0 atom stereocenters. The molecule has 204 valence electrons. The van der Waals surface area contributed by atoms with Gasteiger partial charge in [0.15, 0.2) is 11.6 Å². The number of amides is 1. The Hall–Kier alpha value is -5.50. The summed E-state index contributed by atoms with van der Waals surface area (Å²) in [4.78, 5) is 39.9. The zero-order valence-electron chi connectivity index (χ0n) is 23.7.